The van der Waals surface area contributed by atoms with Crippen molar-refractivity contribution in [2.24, 2.45) is 0 Å². The smallest absolute Gasteiger partial charge is 0.408 e. The molecule has 0 aliphatic carbocycles. The molecule has 2 N–H and O–H groups in total. The van der Waals surface area contributed by atoms with Crippen LogP contribution in [0.15, 0.2) is 47.4 Å². The Morgan fingerprint density at radius 3 is 2.82 bits per heavy atom. The SMILES string of the molecule is Cc1cc(=O)[nH]cc1C#CCNC(=O)OCc1ccccc1. The molecular weight excluding hydrogens is 280 g/mol. The van der Waals surface area contributed by atoms with E-state index in [9.17, 15) is 9.59 Å². The van der Waals surface area contributed by atoms with E-state index in [0.29, 0.717) is 0 Å². The van der Waals surface area contributed by atoms with Crippen LogP contribution in [-0.4, -0.2) is 17.6 Å². The molecule has 0 aliphatic rings. The number of benzene rings is 1. The van der Waals surface area contributed by atoms with Crippen LogP contribution in [0.5, 0.6) is 0 Å². The average Bonchev–Trinajstić information content (AvgIpc) is 2.52. The summed E-state index contributed by atoms with van der Waals surface area (Å²) in [4.78, 5) is 25.1. The third kappa shape index (κ3) is 4.84. The van der Waals surface area contributed by atoms with E-state index in [1.165, 1.54) is 6.07 Å². The Kier molecular flexibility index (Phi) is 5.38. The monoisotopic (exact) mass is 296 g/mol. The average molecular weight is 296 g/mol. The molecule has 0 saturated heterocycles. The van der Waals surface area contributed by atoms with Crippen LogP contribution < -0.4 is 10.9 Å². The third-order valence-corrected chi connectivity index (χ3v) is 2.89. The Morgan fingerprint density at radius 1 is 1.32 bits per heavy atom. The van der Waals surface area contributed by atoms with Crippen molar-refractivity contribution in [3.05, 3.63) is 69.6 Å². The van der Waals surface area contributed by atoms with Crippen LogP contribution in [0.4, 0.5) is 4.79 Å². The number of aromatic amines is 1. The van der Waals surface area contributed by atoms with Crippen molar-refractivity contribution in [3.8, 4) is 11.8 Å². The highest BCUT2D eigenvalue weighted by Crippen LogP contribution is 2.00. The van der Waals surface area contributed by atoms with E-state index in [2.05, 4.69) is 22.1 Å². The molecule has 5 nitrogen and oxygen atoms in total. The maximum absolute atomic E-state index is 11.5. The highest BCUT2D eigenvalue weighted by atomic mass is 16.5. The molecule has 22 heavy (non-hydrogen) atoms. The summed E-state index contributed by atoms with van der Waals surface area (Å²) in [5, 5.41) is 2.55. The molecule has 1 heterocycles. The predicted octanol–water partition coefficient (Wildman–Crippen LogP) is 1.96. The molecule has 1 aromatic carbocycles. The van der Waals surface area contributed by atoms with Crippen molar-refractivity contribution >= 4 is 6.09 Å². The summed E-state index contributed by atoms with van der Waals surface area (Å²) in [6, 6.07) is 10.9. The van der Waals surface area contributed by atoms with Gasteiger partial charge in [-0.2, -0.15) is 0 Å². The van der Waals surface area contributed by atoms with E-state index in [-0.39, 0.29) is 18.7 Å². The van der Waals surface area contributed by atoms with Gasteiger partial charge in [0.1, 0.15) is 6.61 Å². The van der Waals surface area contributed by atoms with Gasteiger partial charge in [0.2, 0.25) is 5.56 Å². The molecule has 2 aromatic rings. The molecule has 0 spiro atoms. The normalized spacial score (nSPS) is 9.50. The summed E-state index contributed by atoms with van der Waals surface area (Å²) in [6.45, 7) is 2.20. The second kappa shape index (κ2) is 7.70. The summed E-state index contributed by atoms with van der Waals surface area (Å²) in [7, 11) is 0. The van der Waals surface area contributed by atoms with Gasteiger partial charge in [-0.05, 0) is 18.1 Å². The van der Waals surface area contributed by atoms with Gasteiger partial charge < -0.3 is 15.0 Å². The Morgan fingerprint density at radius 2 is 2.09 bits per heavy atom. The number of aromatic nitrogens is 1. The fraction of sp³-hybridized carbons (Fsp3) is 0.176. The summed E-state index contributed by atoms with van der Waals surface area (Å²) in [6.07, 6.45) is 1.04. The second-order valence-electron chi connectivity index (χ2n) is 4.61. The van der Waals surface area contributed by atoms with Gasteiger partial charge in [-0.25, -0.2) is 4.79 Å². The van der Waals surface area contributed by atoms with Crippen LogP contribution in [0.3, 0.4) is 0 Å². The molecule has 112 valence electrons. The van der Waals surface area contributed by atoms with Gasteiger partial charge in [0, 0.05) is 17.8 Å². The lowest BCUT2D eigenvalue weighted by atomic mass is 10.2. The number of alkyl carbamates (subject to hydrolysis) is 1. The van der Waals surface area contributed by atoms with Gasteiger partial charge in [-0.1, -0.05) is 42.2 Å². The predicted molar refractivity (Wildman–Crippen MR) is 83.3 cm³/mol. The van der Waals surface area contributed by atoms with E-state index >= 15 is 0 Å². The van der Waals surface area contributed by atoms with Crippen LogP contribution in [0.25, 0.3) is 0 Å². The molecule has 2 rings (SSSR count). The van der Waals surface area contributed by atoms with Crippen LogP contribution >= 0.6 is 0 Å². The summed E-state index contributed by atoms with van der Waals surface area (Å²) >= 11 is 0. The zero-order valence-corrected chi connectivity index (χ0v) is 12.2. The quantitative estimate of drug-likeness (QED) is 0.851. The molecule has 0 radical (unpaired) electrons. The fourth-order valence-electron chi connectivity index (χ4n) is 1.74. The number of ether oxygens (including phenoxy) is 1. The molecule has 0 unspecified atom stereocenters. The number of nitrogens with one attached hydrogen (secondary N) is 2. The Bertz CT molecular complexity index is 755. The molecule has 1 amide bonds. The Hall–Kier alpha value is -3.00. The maximum atomic E-state index is 11.5. The van der Waals surface area contributed by atoms with Crippen molar-refractivity contribution in [3.63, 3.8) is 0 Å². The highest BCUT2D eigenvalue weighted by Gasteiger charge is 2.00. The van der Waals surface area contributed by atoms with Crippen LogP contribution in [-0.2, 0) is 11.3 Å². The largest absolute Gasteiger partial charge is 0.445 e. The molecule has 0 bridgehead atoms. The zero-order chi connectivity index (χ0) is 15.8. The topological polar surface area (TPSA) is 71.2 Å². The van der Waals surface area contributed by atoms with Crippen LogP contribution in [0.1, 0.15) is 16.7 Å². The van der Waals surface area contributed by atoms with Crippen molar-refractivity contribution in [1.29, 1.82) is 0 Å². The molecule has 0 atom stereocenters. The van der Waals surface area contributed by atoms with Gasteiger partial charge >= 0.3 is 6.09 Å². The molecular formula is C17H16N2O3. The van der Waals surface area contributed by atoms with Gasteiger partial charge in [0.05, 0.1) is 6.54 Å². The van der Waals surface area contributed by atoms with E-state index in [0.717, 1.165) is 16.7 Å². The first-order valence-electron chi connectivity index (χ1n) is 6.78. The number of hydrogen-bond acceptors (Lipinski definition) is 3. The number of amides is 1. The lowest BCUT2D eigenvalue weighted by Crippen LogP contribution is -2.24. The molecule has 1 aromatic heterocycles. The zero-order valence-electron chi connectivity index (χ0n) is 12.2. The highest BCUT2D eigenvalue weighted by molar-refractivity contribution is 5.67. The third-order valence-electron chi connectivity index (χ3n) is 2.89. The molecule has 0 saturated carbocycles. The van der Waals surface area contributed by atoms with Crippen LogP contribution in [0, 0.1) is 18.8 Å². The van der Waals surface area contributed by atoms with E-state index in [4.69, 9.17) is 4.74 Å². The summed E-state index contributed by atoms with van der Waals surface area (Å²) < 4.78 is 5.05. The Balaban J connectivity index is 1.78. The minimum absolute atomic E-state index is 0.161. The van der Waals surface area contributed by atoms with Crippen LogP contribution in [0.2, 0.25) is 0 Å². The first kappa shape index (κ1) is 15.4. The molecule has 0 fully saturated rings. The maximum Gasteiger partial charge on any atom is 0.408 e. The Labute approximate surface area is 128 Å². The molecule has 0 aliphatic heterocycles. The number of aryl methyl sites for hydroxylation is 1. The minimum Gasteiger partial charge on any atom is -0.445 e. The fourth-order valence-corrected chi connectivity index (χ4v) is 1.74. The number of H-pyrrole nitrogens is 1. The van der Waals surface area contributed by atoms with Gasteiger partial charge in [-0.15, -0.1) is 0 Å². The van der Waals surface area contributed by atoms with Crippen molar-refractivity contribution < 1.29 is 9.53 Å². The van der Waals surface area contributed by atoms with Crippen molar-refractivity contribution in [2.75, 3.05) is 6.54 Å². The number of hydrogen-bond donors (Lipinski definition) is 2. The molecule has 5 heteroatoms. The lowest BCUT2D eigenvalue weighted by Gasteiger charge is -2.04. The van der Waals surface area contributed by atoms with E-state index < -0.39 is 6.09 Å². The van der Waals surface area contributed by atoms with E-state index in [1.807, 2.05) is 30.3 Å². The van der Waals surface area contributed by atoms with Gasteiger partial charge in [0.15, 0.2) is 0 Å². The van der Waals surface area contributed by atoms with Gasteiger partial charge in [-0.3, -0.25) is 4.79 Å². The number of carbonyl (C=O) groups excluding carboxylic acids is 1. The lowest BCUT2D eigenvalue weighted by molar-refractivity contribution is 0.141. The summed E-state index contributed by atoms with van der Waals surface area (Å²) in [5.41, 5.74) is 2.28. The number of carbonyl (C=O) groups is 1. The number of pyridine rings is 1. The van der Waals surface area contributed by atoms with E-state index in [1.54, 1.807) is 13.1 Å². The number of rotatable bonds is 3. The van der Waals surface area contributed by atoms with Gasteiger partial charge in [0.25, 0.3) is 0 Å². The summed E-state index contributed by atoms with van der Waals surface area (Å²) in [5.74, 6) is 5.69. The van der Waals surface area contributed by atoms with Crippen molar-refractivity contribution in [2.45, 2.75) is 13.5 Å². The minimum atomic E-state index is -0.517. The first-order valence-corrected chi connectivity index (χ1v) is 6.78. The first-order chi connectivity index (χ1) is 10.6. The second-order valence-corrected chi connectivity index (χ2v) is 4.61. The standard InChI is InChI=1S/C17H16N2O3/c1-13-10-16(20)19-11-15(13)8-5-9-18-17(21)22-12-14-6-3-2-4-7-14/h2-4,6-7,10-11H,9,12H2,1H3,(H,18,21)(H,19,20). The van der Waals surface area contributed by atoms with Crippen molar-refractivity contribution in [1.82, 2.24) is 10.3 Å².